The van der Waals surface area contributed by atoms with Gasteiger partial charge in [-0.3, -0.25) is 0 Å². The molecule has 0 bridgehead atoms. The fourth-order valence-corrected chi connectivity index (χ4v) is 1.01. The second-order valence-electron chi connectivity index (χ2n) is 2.28. The maximum absolute atomic E-state index is 3.84. The first-order chi connectivity index (χ1) is 3.93. The van der Waals surface area contributed by atoms with Crippen LogP contribution in [0, 0.1) is 19.3 Å². The van der Waals surface area contributed by atoms with E-state index in [0.29, 0.717) is 0 Å². The van der Waals surface area contributed by atoms with E-state index in [4.69, 9.17) is 0 Å². The van der Waals surface area contributed by atoms with E-state index in [2.05, 4.69) is 18.7 Å². The molecule has 1 heterocycles. The molecule has 1 fully saturated rings. The van der Waals surface area contributed by atoms with Crippen LogP contribution in [0.25, 0.3) is 0 Å². The fourth-order valence-electron chi connectivity index (χ4n) is 1.01. The summed E-state index contributed by atoms with van der Waals surface area (Å²) in [5.74, 6) is 0.740. The largest absolute Gasteiger partial charge is 0.345 e. The summed E-state index contributed by atoms with van der Waals surface area (Å²) in [4.78, 5) is 0. The number of rotatable bonds is 1. The predicted octanol–water partition coefficient (Wildman–Crippen LogP) is 1.02. The van der Waals surface area contributed by atoms with Crippen molar-refractivity contribution in [3.05, 3.63) is 13.3 Å². The second kappa shape index (κ2) is 5.82. The van der Waals surface area contributed by atoms with Crippen LogP contribution in [0.2, 0.25) is 0 Å². The van der Waals surface area contributed by atoms with Gasteiger partial charge in [-0.15, -0.1) is 0 Å². The second-order valence-corrected chi connectivity index (χ2v) is 2.28. The van der Waals surface area contributed by atoms with Gasteiger partial charge < -0.3 is 18.7 Å². The van der Waals surface area contributed by atoms with Gasteiger partial charge in [0.2, 0.25) is 0 Å². The molecule has 51 valence electrons. The molecule has 1 aliphatic rings. The van der Waals surface area contributed by atoms with E-state index in [0.717, 1.165) is 25.4 Å². The Morgan fingerprint density at radius 1 is 1.67 bits per heavy atom. The van der Waals surface area contributed by atoms with Crippen molar-refractivity contribution in [3.63, 3.8) is 0 Å². The molecular formula is C7H13NY-2. The number of hydrogen-bond donors (Lipinski definition) is 1. The first-order valence-electron chi connectivity index (χ1n) is 3.27. The summed E-state index contributed by atoms with van der Waals surface area (Å²) in [6.07, 6.45) is 4.64. The molecule has 0 amide bonds. The van der Waals surface area contributed by atoms with Gasteiger partial charge in [-0.1, -0.05) is 0 Å². The van der Waals surface area contributed by atoms with Crippen LogP contribution in [-0.2, 0) is 32.7 Å². The molecule has 0 aromatic carbocycles. The zero-order chi connectivity index (χ0) is 5.82. The van der Waals surface area contributed by atoms with Crippen molar-refractivity contribution in [2.45, 2.75) is 12.8 Å². The van der Waals surface area contributed by atoms with Crippen LogP contribution in [0.5, 0.6) is 0 Å². The van der Waals surface area contributed by atoms with Crippen molar-refractivity contribution >= 4 is 0 Å². The summed E-state index contributed by atoms with van der Waals surface area (Å²) in [7, 11) is 0. The third kappa shape index (κ3) is 3.69. The summed E-state index contributed by atoms with van der Waals surface area (Å²) in [5.41, 5.74) is 0. The molecule has 9 heavy (non-hydrogen) atoms. The Balaban J connectivity index is 0.000000640. The first-order valence-corrected chi connectivity index (χ1v) is 3.27. The molecule has 0 aromatic rings. The van der Waals surface area contributed by atoms with Crippen LogP contribution in [0.3, 0.4) is 0 Å². The summed E-state index contributed by atoms with van der Waals surface area (Å²) < 4.78 is 0. The predicted molar refractivity (Wildman–Crippen MR) is 35.3 cm³/mol. The third-order valence-electron chi connectivity index (χ3n) is 1.60. The van der Waals surface area contributed by atoms with Crippen molar-refractivity contribution in [1.82, 2.24) is 5.32 Å². The molecule has 1 rings (SSSR count). The maximum Gasteiger partial charge on any atom is 0 e. The molecule has 1 radical (unpaired) electrons. The number of piperidine rings is 1. The molecule has 0 aliphatic carbocycles. The molecule has 0 saturated carbocycles. The summed E-state index contributed by atoms with van der Waals surface area (Å²) >= 11 is 0. The van der Waals surface area contributed by atoms with E-state index in [1.165, 1.54) is 6.42 Å². The Bertz CT molecular complexity index is 59.9. The zero-order valence-corrected chi connectivity index (χ0v) is 8.61. The Morgan fingerprint density at radius 2 is 2.44 bits per heavy atom. The smallest absolute Gasteiger partial charge is 0 e. The van der Waals surface area contributed by atoms with Gasteiger partial charge in [-0.05, 0) is 13.1 Å². The van der Waals surface area contributed by atoms with Crippen LogP contribution in [-0.4, -0.2) is 13.1 Å². The molecule has 2 heteroatoms. The van der Waals surface area contributed by atoms with Crippen molar-refractivity contribution < 1.29 is 32.7 Å². The standard InChI is InChI=1S/C7H13N.Y/c1-2-7-4-3-5-8-6-7;/h4,7-8H,1-3,5-6H2;/q-2;. The average Bonchev–Trinajstić information content (AvgIpc) is 1.90. The van der Waals surface area contributed by atoms with E-state index in [9.17, 15) is 0 Å². The molecule has 1 saturated heterocycles. The van der Waals surface area contributed by atoms with Crippen LogP contribution in [0.15, 0.2) is 0 Å². The van der Waals surface area contributed by atoms with Gasteiger partial charge >= 0.3 is 0 Å². The van der Waals surface area contributed by atoms with E-state index < -0.39 is 0 Å². The SMILES string of the molecule is [CH2-]CC1[CH-]CCNC1.[Y]. The molecule has 1 N–H and O–H groups in total. The van der Waals surface area contributed by atoms with Crippen LogP contribution in [0.1, 0.15) is 12.8 Å². The first kappa shape index (κ1) is 10.1. The van der Waals surface area contributed by atoms with Crippen molar-refractivity contribution in [1.29, 1.82) is 0 Å². The van der Waals surface area contributed by atoms with Gasteiger partial charge in [0, 0.05) is 32.7 Å². The van der Waals surface area contributed by atoms with Gasteiger partial charge in [0.15, 0.2) is 0 Å². The molecule has 0 spiro atoms. The monoisotopic (exact) mass is 200 g/mol. The van der Waals surface area contributed by atoms with E-state index in [1.54, 1.807) is 0 Å². The quantitative estimate of drug-likeness (QED) is 0.623. The topological polar surface area (TPSA) is 12.0 Å². The van der Waals surface area contributed by atoms with Gasteiger partial charge in [0.25, 0.3) is 0 Å². The van der Waals surface area contributed by atoms with Crippen molar-refractivity contribution in [3.8, 4) is 0 Å². The van der Waals surface area contributed by atoms with Gasteiger partial charge in [-0.2, -0.15) is 12.3 Å². The molecule has 1 nitrogen and oxygen atoms in total. The Kier molecular flexibility index (Phi) is 6.51. The van der Waals surface area contributed by atoms with Gasteiger partial charge in [0.1, 0.15) is 0 Å². The Hall–Kier alpha value is 1.06. The molecular weight excluding hydrogens is 187 g/mol. The van der Waals surface area contributed by atoms with E-state index >= 15 is 0 Å². The molecule has 1 unspecified atom stereocenters. The van der Waals surface area contributed by atoms with Crippen LogP contribution in [0.4, 0.5) is 0 Å². The maximum atomic E-state index is 3.84. The van der Waals surface area contributed by atoms with Crippen LogP contribution >= 0.6 is 0 Å². The van der Waals surface area contributed by atoms with Gasteiger partial charge in [0.05, 0.1) is 0 Å². The number of hydrogen-bond acceptors (Lipinski definition) is 1. The zero-order valence-electron chi connectivity index (χ0n) is 5.77. The minimum Gasteiger partial charge on any atom is -0.345 e. The minimum atomic E-state index is 0. The van der Waals surface area contributed by atoms with Crippen LogP contribution < -0.4 is 5.32 Å². The minimum absolute atomic E-state index is 0. The van der Waals surface area contributed by atoms with Crippen molar-refractivity contribution in [2.24, 2.45) is 5.92 Å². The normalized spacial score (nSPS) is 27.0. The molecule has 1 atom stereocenters. The molecule has 1 aliphatic heterocycles. The summed E-state index contributed by atoms with van der Waals surface area (Å²) in [5, 5.41) is 3.31. The van der Waals surface area contributed by atoms with Gasteiger partial charge in [-0.25, -0.2) is 6.42 Å². The van der Waals surface area contributed by atoms with E-state index in [1.807, 2.05) is 0 Å². The summed E-state index contributed by atoms with van der Waals surface area (Å²) in [6, 6.07) is 0. The van der Waals surface area contributed by atoms with E-state index in [-0.39, 0.29) is 32.7 Å². The Labute approximate surface area is 82.9 Å². The Morgan fingerprint density at radius 3 is 2.78 bits per heavy atom. The fraction of sp³-hybridized carbons (Fsp3) is 0.714. The number of nitrogens with one attached hydrogen (secondary N) is 1. The van der Waals surface area contributed by atoms with Crippen molar-refractivity contribution in [2.75, 3.05) is 13.1 Å². The average molecular weight is 200 g/mol. The third-order valence-corrected chi connectivity index (χ3v) is 1.60. The summed E-state index contributed by atoms with van der Waals surface area (Å²) in [6.45, 7) is 6.14. The molecule has 0 aromatic heterocycles.